The number of carbonyl (C=O) groups is 1. The number of nitrogens with zero attached hydrogens (tertiary/aromatic N) is 2. The lowest BCUT2D eigenvalue weighted by Crippen LogP contribution is -2.29. The minimum Gasteiger partial charge on any atom is -0.292 e. The van der Waals surface area contributed by atoms with Crippen LogP contribution in [0.3, 0.4) is 0 Å². The van der Waals surface area contributed by atoms with Crippen molar-refractivity contribution in [2.75, 3.05) is 5.43 Å². The van der Waals surface area contributed by atoms with Crippen LogP contribution in [-0.2, 0) is 6.18 Å². The number of hydrogen-bond donors (Lipinski definition) is 2. The van der Waals surface area contributed by atoms with E-state index in [2.05, 4.69) is 15.8 Å². The van der Waals surface area contributed by atoms with E-state index in [9.17, 15) is 28.1 Å². The van der Waals surface area contributed by atoms with Gasteiger partial charge in [-0.25, -0.2) is 4.98 Å². The smallest absolute Gasteiger partial charge is 0.292 e. The maximum Gasteiger partial charge on any atom is 0.416 e. The SMILES string of the molecule is O=C(NNc1ccc(C(F)(F)F)cc1[N+](=O)[O-])c1ccnc(Cl)c1. The predicted octanol–water partition coefficient (Wildman–Crippen LogP) is 3.42. The van der Waals surface area contributed by atoms with Crippen molar-refractivity contribution in [1.29, 1.82) is 0 Å². The highest BCUT2D eigenvalue weighted by Crippen LogP contribution is 2.34. The van der Waals surface area contributed by atoms with Gasteiger partial charge in [0.05, 0.1) is 10.5 Å². The van der Waals surface area contributed by atoms with Gasteiger partial charge in [-0.05, 0) is 24.3 Å². The van der Waals surface area contributed by atoms with E-state index in [1.807, 2.05) is 0 Å². The number of anilines is 1. The third kappa shape index (κ3) is 4.10. The molecule has 0 spiro atoms. The number of nitro benzene ring substituents is 1. The maximum absolute atomic E-state index is 12.6. The fraction of sp³-hybridized carbons (Fsp3) is 0.0769. The summed E-state index contributed by atoms with van der Waals surface area (Å²) < 4.78 is 37.8. The molecule has 1 aromatic carbocycles. The Bertz CT molecular complexity index is 798. The van der Waals surface area contributed by atoms with Gasteiger partial charge in [-0.3, -0.25) is 25.8 Å². The molecular formula is C13H8ClF3N4O3. The summed E-state index contributed by atoms with van der Waals surface area (Å²) in [5.74, 6) is -0.700. The van der Waals surface area contributed by atoms with E-state index in [1.54, 1.807) is 0 Å². The molecule has 2 N–H and O–H groups in total. The Morgan fingerprint density at radius 3 is 2.54 bits per heavy atom. The molecule has 1 amide bonds. The van der Waals surface area contributed by atoms with Gasteiger partial charge in [0, 0.05) is 17.8 Å². The molecule has 24 heavy (non-hydrogen) atoms. The van der Waals surface area contributed by atoms with Crippen LogP contribution in [0, 0.1) is 10.1 Å². The maximum atomic E-state index is 12.6. The van der Waals surface area contributed by atoms with Gasteiger partial charge in [-0.2, -0.15) is 13.2 Å². The minimum absolute atomic E-state index is 0.0585. The summed E-state index contributed by atoms with van der Waals surface area (Å²) in [5, 5.41) is 11.0. The summed E-state index contributed by atoms with van der Waals surface area (Å²) in [4.78, 5) is 25.5. The molecular weight excluding hydrogens is 353 g/mol. The van der Waals surface area contributed by atoms with Crippen molar-refractivity contribution >= 4 is 28.9 Å². The number of rotatable bonds is 4. The van der Waals surface area contributed by atoms with Crippen LogP contribution in [0.1, 0.15) is 15.9 Å². The first-order valence-electron chi connectivity index (χ1n) is 6.22. The van der Waals surface area contributed by atoms with Crippen LogP contribution in [0.4, 0.5) is 24.5 Å². The van der Waals surface area contributed by atoms with Crippen LogP contribution in [-0.4, -0.2) is 15.8 Å². The van der Waals surface area contributed by atoms with E-state index in [1.165, 1.54) is 18.3 Å². The first-order valence-corrected chi connectivity index (χ1v) is 6.60. The molecule has 1 heterocycles. The molecule has 0 bridgehead atoms. The number of nitrogens with one attached hydrogen (secondary N) is 2. The molecule has 0 aliphatic rings. The van der Waals surface area contributed by atoms with Gasteiger partial charge in [-0.15, -0.1) is 0 Å². The largest absolute Gasteiger partial charge is 0.416 e. The normalized spacial score (nSPS) is 11.0. The zero-order chi connectivity index (χ0) is 17.9. The molecule has 2 rings (SSSR count). The zero-order valence-corrected chi connectivity index (χ0v) is 12.4. The molecule has 7 nitrogen and oxygen atoms in total. The molecule has 0 fully saturated rings. The number of nitro groups is 1. The molecule has 0 aliphatic carbocycles. The Morgan fingerprint density at radius 1 is 1.25 bits per heavy atom. The highest BCUT2D eigenvalue weighted by molar-refractivity contribution is 6.29. The number of pyridine rings is 1. The lowest BCUT2D eigenvalue weighted by molar-refractivity contribution is -0.384. The standard InChI is InChI=1S/C13H8ClF3N4O3/c14-11-5-7(3-4-18-11)12(22)20-19-9-2-1-8(13(15,16)17)6-10(9)21(23)24/h1-6,19H,(H,20,22). The zero-order valence-electron chi connectivity index (χ0n) is 11.6. The molecule has 0 aliphatic heterocycles. The summed E-state index contributed by atoms with van der Waals surface area (Å²) in [6.45, 7) is 0. The monoisotopic (exact) mass is 360 g/mol. The van der Waals surface area contributed by atoms with E-state index in [4.69, 9.17) is 11.6 Å². The Kier molecular flexibility index (Phi) is 4.88. The average Bonchev–Trinajstić information content (AvgIpc) is 2.51. The van der Waals surface area contributed by atoms with Gasteiger partial charge >= 0.3 is 6.18 Å². The molecule has 0 atom stereocenters. The lowest BCUT2D eigenvalue weighted by Gasteiger charge is -2.11. The average molecular weight is 361 g/mol. The number of carbonyl (C=O) groups excluding carboxylic acids is 1. The third-order valence-corrected chi connectivity index (χ3v) is 3.03. The second kappa shape index (κ2) is 6.71. The second-order valence-corrected chi connectivity index (χ2v) is 4.82. The molecule has 0 unspecified atom stereocenters. The first-order chi connectivity index (χ1) is 11.2. The summed E-state index contributed by atoms with van der Waals surface area (Å²) in [6.07, 6.45) is -3.45. The number of amides is 1. The van der Waals surface area contributed by atoms with Crippen LogP contribution < -0.4 is 10.9 Å². The number of alkyl halides is 3. The molecule has 0 saturated heterocycles. The molecule has 126 valence electrons. The first kappa shape index (κ1) is 17.5. The Morgan fingerprint density at radius 2 is 1.96 bits per heavy atom. The Hall–Kier alpha value is -2.88. The van der Waals surface area contributed by atoms with Crippen LogP contribution in [0.25, 0.3) is 0 Å². The number of aromatic nitrogens is 1. The molecule has 0 saturated carbocycles. The van der Waals surface area contributed by atoms with Crippen molar-refractivity contribution in [3.8, 4) is 0 Å². The predicted molar refractivity (Wildman–Crippen MR) is 78.4 cm³/mol. The van der Waals surface area contributed by atoms with Crippen molar-refractivity contribution in [2.45, 2.75) is 6.18 Å². The quantitative estimate of drug-likeness (QED) is 0.494. The Balaban J connectivity index is 2.20. The van der Waals surface area contributed by atoms with E-state index in [0.29, 0.717) is 12.1 Å². The summed E-state index contributed by atoms with van der Waals surface area (Å²) in [7, 11) is 0. The van der Waals surface area contributed by atoms with E-state index >= 15 is 0 Å². The topological polar surface area (TPSA) is 97.2 Å². The number of hydrazine groups is 1. The van der Waals surface area contributed by atoms with Crippen molar-refractivity contribution in [1.82, 2.24) is 10.4 Å². The van der Waals surface area contributed by atoms with Gasteiger partial charge in [-0.1, -0.05) is 11.6 Å². The van der Waals surface area contributed by atoms with Crippen molar-refractivity contribution in [3.63, 3.8) is 0 Å². The third-order valence-electron chi connectivity index (χ3n) is 2.82. The molecule has 2 aromatic rings. The van der Waals surface area contributed by atoms with Gasteiger partial charge < -0.3 is 0 Å². The number of hydrogen-bond acceptors (Lipinski definition) is 5. The van der Waals surface area contributed by atoms with Crippen LogP contribution in [0.15, 0.2) is 36.5 Å². The highest BCUT2D eigenvalue weighted by atomic mass is 35.5. The summed E-state index contributed by atoms with van der Waals surface area (Å²) >= 11 is 5.63. The molecule has 11 heteroatoms. The van der Waals surface area contributed by atoms with Gasteiger partial charge in [0.15, 0.2) is 0 Å². The summed E-state index contributed by atoms with van der Waals surface area (Å²) in [5.41, 5.74) is 2.15. The Labute approximate surface area is 137 Å². The number of benzene rings is 1. The minimum atomic E-state index is -4.72. The van der Waals surface area contributed by atoms with Gasteiger partial charge in [0.1, 0.15) is 10.8 Å². The molecule has 1 aromatic heterocycles. The fourth-order valence-corrected chi connectivity index (χ4v) is 1.88. The van der Waals surface area contributed by atoms with Crippen molar-refractivity contribution < 1.29 is 22.9 Å². The van der Waals surface area contributed by atoms with Gasteiger partial charge in [0.25, 0.3) is 11.6 Å². The summed E-state index contributed by atoms with van der Waals surface area (Å²) in [6, 6.07) is 4.47. The number of halogens is 4. The van der Waals surface area contributed by atoms with Crippen molar-refractivity contribution in [3.05, 3.63) is 62.9 Å². The van der Waals surface area contributed by atoms with Gasteiger partial charge in [0.2, 0.25) is 0 Å². The van der Waals surface area contributed by atoms with E-state index in [-0.39, 0.29) is 16.4 Å². The van der Waals surface area contributed by atoms with Crippen LogP contribution in [0.2, 0.25) is 5.15 Å². The highest BCUT2D eigenvalue weighted by Gasteiger charge is 2.33. The van der Waals surface area contributed by atoms with Crippen LogP contribution in [0.5, 0.6) is 0 Å². The van der Waals surface area contributed by atoms with E-state index < -0.39 is 28.3 Å². The second-order valence-electron chi connectivity index (χ2n) is 4.43. The lowest BCUT2D eigenvalue weighted by atomic mass is 10.1. The van der Waals surface area contributed by atoms with Crippen molar-refractivity contribution in [2.24, 2.45) is 0 Å². The molecule has 0 radical (unpaired) electrons. The van der Waals surface area contributed by atoms with E-state index in [0.717, 1.165) is 6.07 Å². The fourth-order valence-electron chi connectivity index (χ4n) is 1.70. The van der Waals surface area contributed by atoms with Crippen LogP contribution >= 0.6 is 11.6 Å².